The van der Waals surface area contributed by atoms with Gasteiger partial charge in [-0.25, -0.2) is 4.39 Å². The normalized spacial score (nSPS) is 11.7. The second kappa shape index (κ2) is 6.01. The molecule has 0 fully saturated rings. The maximum Gasteiger partial charge on any atom is 0.255 e. The largest absolute Gasteiger partial charge is 0.389 e. The van der Waals surface area contributed by atoms with Crippen molar-refractivity contribution in [2.24, 2.45) is 0 Å². The van der Waals surface area contributed by atoms with Crippen molar-refractivity contribution in [3.05, 3.63) is 41.3 Å². The third-order valence-corrected chi connectivity index (χ3v) is 3.45. The average molecular weight is 304 g/mol. The molecule has 2 aromatic rings. The first-order chi connectivity index (χ1) is 10.2. The van der Waals surface area contributed by atoms with Crippen molar-refractivity contribution in [2.75, 3.05) is 13.1 Å². The Hall–Kier alpha value is -2.01. The molecule has 0 aliphatic rings. The number of nitrogens with zero attached hydrogens (tertiary/aromatic N) is 2. The van der Waals surface area contributed by atoms with E-state index in [4.69, 9.17) is 0 Å². The van der Waals surface area contributed by atoms with Gasteiger partial charge in [0.25, 0.3) is 5.91 Å². The Morgan fingerprint density at radius 2 is 2.05 bits per heavy atom. The lowest BCUT2D eigenvalue weighted by Crippen LogP contribution is -2.42. The summed E-state index contributed by atoms with van der Waals surface area (Å²) in [6, 6.07) is 6.04. The molecule has 0 saturated carbocycles. The number of benzene rings is 1. The van der Waals surface area contributed by atoms with E-state index >= 15 is 0 Å². The van der Waals surface area contributed by atoms with Crippen molar-refractivity contribution in [1.29, 1.82) is 0 Å². The Bertz CT molecular complexity index is 708. The number of halogens is 1. The number of carbonyl (C=O) groups excluding carboxylic acids is 1. The fourth-order valence-electron chi connectivity index (χ4n) is 2.42. The van der Waals surface area contributed by atoms with Crippen LogP contribution in [0.3, 0.4) is 0 Å². The maximum atomic E-state index is 13.3. The summed E-state index contributed by atoms with van der Waals surface area (Å²) in [5, 5.41) is 10.7. The lowest BCUT2D eigenvalue weighted by Gasteiger charge is -2.28. The quantitative estimate of drug-likeness (QED) is 0.945. The number of aromatic nitrogens is 1. The lowest BCUT2D eigenvalue weighted by molar-refractivity contribution is 0.0314. The zero-order valence-corrected chi connectivity index (χ0v) is 13.4. The van der Waals surface area contributed by atoms with Crippen molar-refractivity contribution in [2.45, 2.75) is 33.3 Å². The van der Waals surface area contributed by atoms with Crippen LogP contribution >= 0.6 is 0 Å². The summed E-state index contributed by atoms with van der Waals surface area (Å²) in [4.78, 5) is 18.6. The smallest absolute Gasteiger partial charge is 0.255 e. The van der Waals surface area contributed by atoms with E-state index in [-0.39, 0.29) is 18.3 Å². The minimum atomic E-state index is -0.965. The van der Waals surface area contributed by atoms with Crippen LogP contribution in [0.4, 0.5) is 4.39 Å². The molecule has 0 unspecified atom stereocenters. The summed E-state index contributed by atoms with van der Waals surface area (Å²) < 4.78 is 13.3. The standard InChI is InChI=1S/C17H21FN2O2/c1-5-20(10-17(3,4)22)16(21)14-8-12-6-7-13(18)9-15(12)19-11(14)2/h6-9,22H,5,10H2,1-4H3. The molecule has 4 nitrogen and oxygen atoms in total. The highest BCUT2D eigenvalue weighted by molar-refractivity contribution is 5.98. The number of aliphatic hydroxyl groups is 1. The second-order valence-electron chi connectivity index (χ2n) is 6.09. The molecule has 0 aliphatic heterocycles. The summed E-state index contributed by atoms with van der Waals surface area (Å²) >= 11 is 0. The van der Waals surface area contributed by atoms with Gasteiger partial charge >= 0.3 is 0 Å². The number of aryl methyl sites for hydroxylation is 1. The van der Waals surface area contributed by atoms with Crippen LogP contribution in [0.25, 0.3) is 10.9 Å². The predicted molar refractivity (Wildman–Crippen MR) is 84.3 cm³/mol. The molecule has 0 radical (unpaired) electrons. The molecule has 0 aliphatic carbocycles. The van der Waals surface area contributed by atoms with Gasteiger partial charge in [-0.15, -0.1) is 0 Å². The van der Waals surface area contributed by atoms with Crippen LogP contribution in [-0.4, -0.2) is 39.6 Å². The SMILES string of the molecule is CCN(CC(C)(C)O)C(=O)c1cc2ccc(F)cc2nc1C. The molecule has 5 heteroatoms. The Morgan fingerprint density at radius 3 is 2.64 bits per heavy atom. The predicted octanol–water partition coefficient (Wildman–Crippen LogP) is 2.92. The Kier molecular flexibility index (Phi) is 4.47. The van der Waals surface area contributed by atoms with Crippen LogP contribution in [-0.2, 0) is 0 Å². The van der Waals surface area contributed by atoms with Crippen LogP contribution in [0.2, 0.25) is 0 Å². The van der Waals surface area contributed by atoms with Crippen molar-refractivity contribution in [3.8, 4) is 0 Å². The molecular formula is C17H21FN2O2. The lowest BCUT2D eigenvalue weighted by atomic mass is 10.1. The first-order valence-electron chi connectivity index (χ1n) is 7.30. The summed E-state index contributed by atoms with van der Waals surface area (Å²) in [6.07, 6.45) is 0. The first-order valence-corrected chi connectivity index (χ1v) is 7.30. The van der Waals surface area contributed by atoms with Crippen molar-refractivity contribution in [3.63, 3.8) is 0 Å². The molecule has 1 heterocycles. The highest BCUT2D eigenvalue weighted by atomic mass is 19.1. The van der Waals surface area contributed by atoms with Crippen LogP contribution in [0, 0.1) is 12.7 Å². The molecule has 2 rings (SSSR count). The van der Waals surface area contributed by atoms with Gasteiger partial charge in [-0.3, -0.25) is 9.78 Å². The molecule has 0 saturated heterocycles. The Balaban J connectivity index is 2.42. The minimum Gasteiger partial charge on any atom is -0.389 e. The molecular weight excluding hydrogens is 283 g/mol. The number of hydrogen-bond donors (Lipinski definition) is 1. The van der Waals surface area contributed by atoms with Gasteiger partial charge in [-0.2, -0.15) is 0 Å². The number of likely N-dealkylation sites (N-methyl/N-ethyl adjacent to an activating group) is 1. The summed E-state index contributed by atoms with van der Waals surface area (Å²) in [5.74, 6) is -0.531. The Labute approximate surface area is 129 Å². The van der Waals surface area contributed by atoms with Gasteiger partial charge in [-0.05, 0) is 45.9 Å². The van der Waals surface area contributed by atoms with Crippen molar-refractivity contribution < 1.29 is 14.3 Å². The number of rotatable bonds is 4. The van der Waals surface area contributed by atoms with E-state index in [1.807, 2.05) is 6.92 Å². The molecule has 1 aromatic heterocycles. The summed E-state index contributed by atoms with van der Waals surface area (Å²) in [7, 11) is 0. The molecule has 0 bridgehead atoms. The number of hydrogen-bond acceptors (Lipinski definition) is 3. The fourth-order valence-corrected chi connectivity index (χ4v) is 2.42. The van der Waals surface area contributed by atoms with E-state index in [9.17, 15) is 14.3 Å². The average Bonchev–Trinajstić information content (AvgIpc) is 2.42. The molecule has 0 atom stereocenters. The van der Waals surface area contributed by atoms with Crippen LogP contribution < -0.4 is 0 Å². The summed E-state index contributed by atoms with van der Waals surface area (Å²) in [5.41, 5.74) is 0.592. The monoisotopic (exact) mass is 304 g/mol. The van der Waals surface area contributed by atoms with Crippen molar-refractivity contribution >= 4 is 16.8 Å². The van der Waals surface area contributed by atoms with E-state index in [1.165, 1.54) is 12.1 Å². The highest BCUT2D eigenvalue weighted by Crippen LogP contribution is 2.20. The van der Waals surface area contributed by atoms with Gasteiger partial charge in [0.2, 0.25) is 0 Å². The second-order valence-corrected chi connectivity index (χ2v) is 6.09. The van der Waals surface area contributed by atoms with Gasteiger partial charge in [0, 0.05) is 24.5 Å². The van der Waals surface area contributed by atoms with Gasteiger partial charge in [0.15, 0.2) is 0 Å². The molecule has 1 aromatic carbocycles. The zero-order valence-electron chi connectivity index (χ0n) is 13.4. The third kappa shape index (κ3) is 3.60. The molecule has 22 heavy (non-hydrogen) atoms. The molecule has 0 spiro atoms. The number of pyridine rings is 1. The Morgan fingerprint density at radius 1 is 1.36 bits per heavy atom. The third-order valence-electron chi connectivity index (χ3n) is 3.45. The van der Waals surface area contributed by atoms with Crippen molar-refractivity contribution in [1.82, 2.24) is 9.88 Å². The van der Waals surface area contributed by atoms with Gasteiger partial charge in [0.05, 0.1) is 22.4 Å². The molecule has 118 valence electrons. The van der Waals surface area contributed by atoms with Crippen LogP contribution in [0.1, 0.15) is 36.8 Å². The number of fused-ring (bicyclic) bond motifs is 1. The van der Waals surface area contributed by atoms with Gasteiger partial charge in [-0.1, -0.05) is 0 Å². The number of carbonyl (C=O) groups is 1. The zero-order chi connectivity index (χ0) is 16.5. The van der Waals surface area contributed by atoms with E-state index in [0.29, 0.717) is 23.3 Å². The molecule has 1 N–H and O–H groups in total. The van der Waals surface area contributed by atoms with E-state index in [2.05, 4.69) is 4.98 Å². The number of amides is 1. The molecule has 1 amide bonds. The highest BCUT2D eigenvalue weighted by Gasteiger charge is 2.24. The van der Waals surface area contributed by atoms with E-state index in [1.54, 1.807) is 37.8 Å². The van der Waals surface area contributed by atoms with Crippen LogP contribution in [0.5, 0.6) is 0 Å². The summed E-state index contributed by atoms with van der Waals surface area (Å²) in [6.45, 7) is 7.65. The van der Waals surface area contributed by atoms with E-state index < -0.39 is 5.60 Å². The van der Waals surface area contributed by atoms with Gasteiger partial charge < -0.3 is 10.0 Å². The van der Waals surface area contributed by atoms with Crippen LogP contribution in [0.15, 0.2) is 24.3 Å². The maximum absolute atomic E-state index is 13.3. The van der Waals surface area contributed by atoms with Gasteiger partial charge in [0.1, 0.15) is 5.82 Å². The topological polar surface area (TPSA) is 53.4 Å². The van der Waals surface area contributed by atoms with E-state index in [0.717, 1.165) is 5.39 Å². The fraction of sp³-hybridized carbons (Fsp3) is 0.412. The minimum absolute atomic E-state index is 0.180. The first kappa shape index (κ1) is 16.4.